The number of hydrogen-bond donors (Lipinski definition) is 2. The molecule has 9 nitrogen and oxygen atoms in total. The van der Waals surface area contributed by atoms with Gasteiger partial charge in [0.05, 0.1) is 25.9 Å². The highest BCUT2D eigenvalue weighted by Crippen LogP contribution is 2.19. The third-order valence-corrected chi connectivity index (χ3v) is 5.68. The molecule has 1 heterocycles. The largest absolute Gasteiger partial charge is 0.382 e. The summed E-state index contributed by atoms with van der Waals surface area (Å²) in [6.45, 7) is 4.56. The van der Waals surface area contributed by atoms with Crippen LogP contribution in [0.1, 0.15) is 5.56 Å². The van der Waals surface area contributed by atoms with Crippen molar-refractivity contribution >= 4 is 35.0 Å². The number of urea groups is 1. The number of nitrogens with one attached hydrogen (secondary N) is 2. The van der Waals surface area contributed by atoms with E-state index in [2.05, 4.69) is 15.6 Å². The maximum atomic E-state index is 13.1. The predicted molar refractivity (Wildman–Crippen MR) is 133 cm³/mol. The molecule has 0 radical (unpaired) electrons. The molecule has 10 heteroatoms. The van der Waals surface area contributed by atoms with E-state index in [0.29, 0.717) is 56.1 Å². The molecule has 180 valence electrons. The number of guanidine groups is 1. The number of aliphatic imine (C=N–C) groups is 1. The van der Waals surface area contributed by atoms with Crippen LogP contribution in [0.15, 0.2) is 53.5 Å². The first kappa shape index (κ1) is 25.3. The third-order valence-electron chi connectivity index (χ3n) is 5.43. The van der Waals surface area contributed by atoms with E-state index in [4.69, 9.17) is 21.1 Å². The van der Waals surface area contributed by atoms with Gasteiger partial charge in [-0.1, -0.05) is 29.8 Å². The number of carbonyl (C=O) groups is 1. The summed E-state index contributed by atoms with van der Waals surface area (Å²) in [6.07, 6.45) is 1.88. The van der Waals surface area contributed by atoms with Crippen molar-refractivity contribution in [3.63, 3.8) is 0 Å². The monoisotopic (exact) mass is 484 g/mol. The molecule has 1 atom stereocenters. The Bertz CT molecular complexity index is 1020. The van der Waals surface area contributed by atoms with E-state index in [9.17, 15) is 10.1 Å². The molecule has 3 rings (SSSR count). The van der Waals surface area contributed by atoms with Gasteiger partial charge in [0.1, 0.15) is 0 Å². The zero-order valence-electron chi connectivity index (χ0n) is 19.3. The van der Waals surface area contributed by atoms with E-state index in [-0.39, 0.29) is 12.1 Å². The Morgan fingerprint density at radius 2 is 1.94 bits per heavy atom. The van der Waals surface area contributed by atoms with Crippen molar-refractivity contribution in [1.29, 1.82) is 5.26 Å². The van der Waals surface area contributed by atoms with E-state index >= 15 is 0 Å². The van der Waals surface area contributed by atoms with Crippen molar-refractivity contribution in [1.82, 2.24) is 9.80 Å². The third kappa shape index (κ3) is 7.09. The van der Waals surface area contributed by atoms with Gasteiger partial charge in [0.25, 0.3) is 0 Å². The SMILES string of the molecule is COCCOCC1CN(/C(=N\C#N)Nc2ccccc2C)CCN1C(=O)Nc1ccc(Cl)cc1. The number of benzene rings is 2. The number of para-hydroxylation sites is 1. The number of halogens is 1. The standard InChI is InChI=1S/C24H29ClN6O3/c1-18-5-3-4-6-22(18)29-23(27-17-26)30-11-12-31(21(15-30)16-34-14-13-33-2)24(32)28-20-9-7-19(25)8-10-20/h3-10,21H,11-16H2,1-2H3,(H,27,29)(H,28,32). The summed E-state index contributed by atoms with van der Waals surface area (Å²) in [7, 11) is 1.61. The second-order valence-electron chi connectivity index (χ2n) is 7.77. The van der Waals surface area contributed by atoms with Gasteiger partial charge in [0, 0.05) is 43.1 Å². The highest BCUT2D eigenvalue weighted by molar-refractivity contribution is 6.30. The van der Waals surface area contributed by atoms with Crippen LogP contribution in [-0.4, -0.2) is 74.4 Å². The van der Waals surface area contributed by atoms with Crippen molar-refractivity contribution in [3.8, 4) is 6.19 Å². The molecule has 2 N–H and O–H groups in total. The first-order valence-electron chi connectivity index (χ1n) is 11.0. The Kier molecular flexibility index (Phi) is 9.52. The number of amides is 2. The predicted octanol–water partition coefficient (Wildman–Crippen LogP) is 3.78. The summed E-state index contributed by atoms with van der Waals surface area (Å²) in [5, 5.41) is 16.1. The first-order valence-corrected chi connectivity index (χ1v) is 11.3. The fourth-order valence-corrected chi connectivity index (χ4v) is 3.73. The lowest BCUT2D eigenvalue weighted by Crippen LogP contribution is -2.60. The van der Waals surface area contributed by atoms with E-state index < -0.39 is 0 Å². The molecule has 0 saturated carbocycles. The molecule has 1 fully saturated rings. The quantitative estimate of drug-likeness (QED) is 0.268. The van der Waals surface area contributed by atoms with Crippen LogP contribution in [0.2, 0.25) is 5.02 Å². The Hall–Kier alpha value is -3.32. The van der Waals surface area contributed by atoms with Crippen LogP contribution in [0.25, 0.3) is 0 Å². The number of methoxy groups -OCH3 is 1. The van der Waals surface area contributed by atoms with Gasteiger partial charge in [-0.3, -0.25) is 0 Å². The molecule has 0 spiro atoms. The summed E-state index contributed by atoms with van der Waals surface area (Å²) in [5.74, 6) is 0.441. The molecule has 1 unspecified atom stereocenters. The van der Waals surface area contributed by atoms with E-state index in [0.717, 1.165) is 11.3 Å². The number of anilines is 2. The minimum atomic E-state index is -0.263. The average Bonchev–Trinajstić information content (AvgIpc) is 2.84. The molecule has 1 aliphatic heterocycles. The van der Waals surface area contributed by atoms with Gasteiger partial charge in [0.2, 0.25) is 12.2 Å². The fourth-order valence-electron chi connectivity index (χ4n) is 3.61. The second-order valence-corrected chi connectivity index (χ2v) is 8.21. The number of aryl methyl sites for hydroxylation is 1. The number of hydrogen-bond acceptors (Lipinski definition) is 5. The van der Waals surface area contributed by atoms with Crippen molar-refractivity contribution in [3.05, 3.63) is 59.1 Å². The van der Waals surface area contributed by atoms with Crippen LogP contribution in [0.3, 0.4) is 0 Å². The van der Waals surface area contributed by atoms with Gasteiger partial charge in [0.15, 0.2) is 0 Å². The molecule has 0 aliphatic carbocycles. The molecule has 0 bridgehead atoms. The normalized spacial score (nSPS) is 16.2. The van der Waals surface area contributed by atoms with Gasteiger partial charge in [-0.2, -0.15) is 5.26 Å². The molecule has 0 aromatic heterocycles. The zero-order valence-corrected chi connectivity index (χ0v) is 20.1. The Balaban J connectivity index is 1.73. The number of nitrogens with zero attached hydrogens (tertiary/aromatic N) is 4. The fraction of sp³-hybridized carbons (Fsp3) is 0.375. The van der Waals surface area contributed by atoms with Crippen LogP contribution >= 0.6 is 11.6 Å². The molecular weight excluding hydrogens is 456 g/mol. The van der Waals surface area contributed by atoms with E-state index in [1.54, 1.807) is 36.3 Å². The number of ether oxygens (including phenoxy) is 2. The van der Waals surface area contributed by atoms with Gasteiger partial charge in [-0.05, 0) is 42.8 Å². The Labute approximate surface area is 204 Å². The number of carbonyl (C=O) groups excluding carboxylic acids is 1. The highest BCUT2D eigenvalue weighted by Gasteiger charge is 2.32. The minimum absolute atomic E-state index is 0.229. The highest BCUT2D eigenvalue weighted by atomic mass is 35.5. The summed E-state index contributed by atoms with van der Waals surface area (Å²) in [5.41, 5.74) is 2.56. The maximum absolute atomic E-state index is 13.1. The van der Waals surface area contributed by atoms with Crippen molar-refractivity contribution < 1.29 is 14.3 Å². The van der Waals surface area contributed by atoms with Crippen LogP contribution in [-0.2, 0) is 9.47 Å². The lowest BCUT2D eigenvalue weighted by Gasteiger charge is -2.42. The molecule has 2 amide bonds. The molecule has 2 aromatic carbocycles. The second kappa shape index (κ2) is 12.8. The lowest BCUT2D eigenvalue weighted by molar-refractivity contribution is 0.0233. The molecule has 1 aliphatic rings. The maximum Gasteiger partial charge on any atom is 0.322 e. The summed E-state index contributed by atoms with van der Waals surface area (Å²) in [4.78, 5) is 20.8. The molecule has 34 heavy (non-hydrogen) atoms. The van der Waals surface area contributed by atoms with Crippen LogP contribution in [0.5, 0.6) is 0 Å². The molecular formula is C24H29ClN6O3. The molecule has 1 saturated heterocycles. The smallest absolute Gasteiger partial charge is 0.322 e. The van der Waals surface area contributed by atoms with Gasteiger partial charge < -0.3 is 29.9 Å². The van der Waals surface area contributed by atoms with Gasteiger partial charge in [-0.15, -0.1) is 4.99 Å². The van der Waals surface area contributed by atoms with Crippen LogP contribution < -0.4 is 10.6 Å². The zero-order chi connectivity index (χ0) is 24.3. The minimum Gasteiger partial charge on any atom is -0.382 e. The van der Waals surface area contributed by atoms with Crippen LogP contribution in [0.4, 0.5) is 16.2 Å². The van der Waals surface area contributed by atoms with E-state index in [1.807, 2.05) is 42.3 Å². The van der Waals surface area contributed by atoms with E-state index in [1.165, 1.54) is 0 Å². The van der Waals surface area contributed by atoms with Gasteiger partial charge in [-0.25, -0.2) is 4.79 Å². The van der Waals surface area contributed by atoms with Crippen molar-refractivity contribution in [2.24, 2.45) is 4.99 Å². The van der Waals surface area contributed by atoms with Crippen molar-refractivity contribution in [2.45, 2.75) is 13.0 Å². The average molecular weight is 485 g/mol. The lowest BCUT2D eigenvalue weighted by atomic mass is 10.1. The van der Waals surface area contributed by atoms with Gasteiger partial charge >= 0.3 is 6.03 Å². The first-order chi connectivity index (χ1) is 16.5. The number of rotatable bonds is 7. The Morgan fingerprint density at radius 3 is 2.65 bits per heavy atom. The van der Waals surface area contributed by atoms with Crippen molar-refractivity contribution in [2.75, 3.05) is 57.2 Å². The molecule has 2 aromatic rings. The topological polar surface area (TPSA) is 102 Å². The number of piperazine rings is 1. The van der Waals surface area contributed by atoms with Crippen LogP contribution in [0, 0.1) is 18.4 Å². The Morgan fingerprint density at radius 1 is 1.18 bits per heavy atom. The number of nitriles is 1. The summed E-state index contributed by atoms with van der Waals surface area (Å²) < 4.78 is 10.8. The summed E-state index contributed by atoms with van der Waals surface area (Å²) >= 11 is 5.95. The summed E-state index contributed by atoms with van der Waals surface area (Å²) in [6, 6.07) is 14.3.